The monoisotopic (exact) mass is 329 g/mol. The maximum Gasteiger partial charge on any atom is 0.344 e. The summed E-state index contributed by atoms with van der Waals surface area (Å²) >= 11 is 0. The van der Waals surface area contributed by atoms with Crippen molar-refractivity contribution in [2.75, 3.05) is 6.54 Å². The SMILES string of the molecule is O=c1oc2ccccc2c(O)c1C(C[N+](=O)[O-])c1ccc(F)cc1. The van der Waals surface area contributed by atoms with Gasteiger partial charge in [-0.1, -0.05) is 24.3 Å². The zero-order valence-corrected chi connectivity index (χ0v) is 12.3. The molecule has 122 valence electrons. The van der Waals surface area contributed by atoms with Crippen LogP contribution in [-0.4, -0.2) is 16.6 Å². The summed E-state index contributed by atoms with van der Waals surface area (Å²) in [5, 5.41) is 21.8. The molecule has 0 aliphatic heterocycles. The summed E-state index contributed by atoms with van der Waals surface area (Å²) in [6.45, 7) is -0.637. The van der Waals surface area contributed by atoms with Crippen molar-refractivity contribution < 1.29 is 18.8 Å². The van der Waals surface area contributed by atoms with Crippen molar-refractivity contribution in [2.24, 2.45) is 0 Å². The fraction of sp³-hybridized carbons (Fsp3) is 0.118. The number of hydrogen-bond donors (Lipinski definition) is 1. The van der Waals surface area contributed by atoms with E-state index >= 15 is 0 Å². The van der Waals surface area contributed by atoms with Crippen LogP contribution in [0.4, 0.5) is 4.39 Å². The van der Waals surface area contributed by atoms with Crippen LogP contribution in [0, 0.1) is 15.9 Å². The molecular formula is C17H12FNO5. The number of benzene rings is 2. The third-order valence-electron chi connectivity index (χ3n) is 3.77. The Kier molecular flexibility index (Phi) is 3.99. The van der Waals surface area contributed by atoms with Crippen LogP contribution in [0.3, 0.4) is 0 Å². The first-order valence-electron chi connectivity index (χ1n) is 7.09. The lowest BCUT2D eigenvalue weighted by Crippen LogP contribution is -2.21. The molecule has 1 atom stereocenters. The quantitative estimate of drug-likeness (QED) is 0.451. The Morgan fingerprint density at radius 1 is 1.17 bits per heavy atom. The van der Waals surface area contributed by atoms with Gasteiger partial charge in [0.05, 0.1) is 16.9 Å². The highest BCUT2D eigenvalue weighted by Gasteiger charge is 2.28. The lowest BCUT2D eigenvalue weighted by atomic mass is 9.91. The molecule has 3 aromatic rings. The molecule has 2 aromatic carbocycles. The largest absolute Gasteiger partial charge is 0.507 e. The average molecular weight is 329 g/mol. The van der Waals surface area contributed by atoms with Crippen molar-refractivity contribution >= 4 is 11.0 Å². The Labute approximate surface area is 134 Å². The molecule has 0 bridgehead atoms. The van der Waals surface area contributed by atoms with Crippen molar-refractivity contribution in [3.05, 3.63) is 86.0 Å². The van der Waals surface area contributed by atoms with Gasteiger partial charge in [-0.15, -0.1) is 0 Å². The van der Waals surface area contributed by atoms with Gasteiger partial charge in [0.25, 0.3) is 0 Å². The summed E-state index contributed by atoms with van der Waals surface area (Å²) in [4.78, 5) is 22.7. The molecule has 0 aliphatic rings. The summed E-state index contributed by atoms with van der Waals surface area (Å²) in [5.41, 5.74) is -0.548. The highest BCUT2D eigenvalue weighted by molar-refractivity contribution is 5.84. The highest BCUT2D eigenvalue weighted by Crippen LogP contribution is 2.34. The van der Waals surface area contributed by atoms with E-state index in [0.29, 0.717) is 5.56 Å². The first-order chi connectivity index (χ1) is 11.5. The smallest absolute Gasteiger partial charge is 0.344 e. The van der Waals surface area contributed by atoms with E-state index in [1.165, 1.54) is 18.2 Å². The minimum absolute atomic E-state index is 0.183. The molecule has 6 nitrogen and oxygen atoms in total. The third-order valence-corrected chi connectivity index (χ3v) is 3.77. The number of hydrogen-bond acceptors (Lipinski definition) is 5. The van der Waals surface area contributed by atoms with Crippen LogP contribution in [0.1, 0.15) is 17.0 Å². The minimum atomic E-state index is -1.05. The van der Waals surface area contributed by atoms with Crippen molar-refractivity contribution in [1.29, 1.82) is 0 Å². The summed E-state index contributed by atoms with van der Waals surface area (Å²) < 4.78 is 18.3. The fourth-order valence-electron chi connectivity index (χ4n) is 2.66. The summed E-state index contributed by atoms with van der Waals surface area (Å²) in [6, 6.07) is 11.3. The number of halogens is 1. The van der Waals surface area contributed by atoms with Gasteiger partial charge in [-0.3, -0.25) is 10.1 Å². The molecule has 0 spiro atoms. The third kappa shape index (κ3) is 2.83. The van der Waals surface area contributed by atoms with Crippen LogP contribution < -0.4 is 5.63 Å². The van der Waals surface area contributed by atoms with Crippen LogP contribution in [0.25, 0.3) is 11.0 Å². The lowest BCUT2D eigenvalue weighted by Gasteiger charge is -2.15. The average Bonchev–Trinajstić information content (AvgIpc) is 2.54. The maximum atomic E-state index is 13.1. The van der Waals surface area contributed by atoms with E-state index in [1.54, 1.807) is 18.2 Å². The second kappa shape index (κ2) is 6.11. The molecule has 0 saturated carbocycles. The second-order valence-corrected chi connectivity index (χ2v) is 5.27. The lowest BCUT2D eigenvalue weighted by molar-refractivity contribution is -0.481. The number of rotatable bonds is 4. The fourth-order valence-corrected chi connectivity index (χ4v) is 2.66. The number of fused-ring (bicyclic) bond motifs is 1. The van der Waals surface area contributed by atoms with Gasteiger partial charge in [-0.2, -0.15) is 0 Å². The van der Waals surface area contributed by atoms with E-state index in [2.05, 4.69) is 0 Å². The van der Waals surface area contributed by atoms with E-state index < -0.39 is 28.8 Å². The number of aromatic hydroxyl groups is 1. The molecule has 0 amide bonds. The number of para-hydroxylation sites is 1. The molecule has 1 N–H and O–H groups in total. The van der Waals surface area contributed by atoms with Crippen molar-refractivity contribution in [3.63, 3.8) is 0 Å². The van der Waals surface area contributed by atoms with Gasteiger partial charge >= 0.3 is 5.63 Å². The van der Waals surface area contributed by atoms with Crippen molar-refractivity contribution in [2.45, 2.75) is 5.92 Å². The summed E-state index contributed by atoms with van der Waals surface area (Å²) in [7, 11) is 0. The molecule has 24 heavy (non-hydrogen) atoms. The molecule has 1 heterocycles. The van der Waals surface area contributed by atoms with Gasteiger partial charge in [-0.25, -0.2) is 9.18 Å². The first kappa shape index (κ1) is 15.7. The normalized spacial score (nSPS) is 12.2. The molecule has 1 aromatic heterocycles. The topological polar surface area (TPSA) is 93.6 Å². The van der Waals surface area contributed by atoms with Crippen LogP contribution in [0.2, 0.25) is 0 Å². The maximum absolute atomic E-state index is 13.1. The van der Waals surface area contributed by atoms with Gasteiger partial charge in [0.1, 0.15) is 17.1 Å². The van der Waals surface area contributed by atoms with Gasteiger partial charge in [0, 0.05) is 4.92 Å². The van der Waals surface area contributed by atoms with Gasteiger partial charge in [0.15, 0.2) is 0 Å². The van der Waals surface area contributed by atoms with E-state index in [4.69, 9.17) is 4.42 Å². The van der Waals surface area contributed by atoms with E-state index in [1.807, 2.05) is 0 Å². The molecule has 0 fully saturated rings. The first-order valence-corrected chi connectivity index (χ1v) is 7.09. The van der Waals surface area contributed by atoms with Gasteiger partial charge in [0.2, 0.25) is 6.54 Å². The number of nitrogens with zero attached hydrogens (tertiary/aromatic N) is 1. The van der Waals surface area contributed by atoms with Crippen molar-refractivity contribution in [1.82, 2.24) is 0 Å². The Bertz CT molecular complexity index is 965. The standard InChI is InChI=1S/C17H12FNO5/c18-11-7-5-10(6-8-11)13(9-19(22)23)15-16(20)12-3-1-2-4-14(12)24-17(15)21/h1-8,13,20H,9H2. The molecule has 1 unspecified atom stereocenters. The highest BCUT2D eigenvalue weighted by atomic mass is 19.1. The summed E-state index contributed by atoms with van der Waals surface area (Å²) in [6.07, 6.45) is 0. The molecule has 0 aliphatic carbocycles. The van der Waals surface area contributed by atoms with Crippen molar-refractivity contribution in [3.8, 4) is 5.75 Å². The number of nitro groups is 1. The zero-order valence-electron chi connectivity index (χ0n) is 12.3. The Balaban J connectivity index is 2.24. The van der Waals surface area contributed by atoms with Crippen LogP contribution >= 0.6 is 0 Å². The predicted molar refractivity (Wildman–Crippen MR) is 84.3 cm³/mol. The Morgan fingerprint density at radius 3 is 2.50 bits per heavy atom. The van der Waals surface area contributed by atoms with E-state index in [0.717, 1.165) is 12.1 Å². The molecule has 7 heteroatoms. The zero-order chi connectivity index (χ0) is 17.3. The molecule has 0 saturated heterocycles. The Morgan fingerprint density at radius 2 is 1.83 bits per heavy atom. The molecule has 3 rings (SSSR count). The van der Waals surface area contributed by atoms with Gasteiger partial charge < -0.3 is 9.52 Å². The van der Waals surface area contributed by atoms with Crippen LogP contribution in [-0.2, 0) is 0 Å². The Hall–Kier alpha value is -3.22. The summed E-state index contributed by atoms with van der Waals surface area (Å²) in [5.74, 6) is -1.92. The van der Waals surface area contributed by atoms with Gasteiger partial charge in [-0.05, 0) is 29.8 Å². The van der Waals surface area contributed by atoms with E-state index in [-0.39, 0.29) is 22.3 Å². The van der Waals surface area contributed by atoms with Crippen LogP contribution in [0.15, 0.2) is 57.7 Å². The minimum Gasteiger partial charge on any atom is -0.507 e. The van der Waals surface area contributed by atoms with E-state index in [9.17, 15) is 24.4 Å². The molecule has 0 radical (unpaired) electrons. The predicted octanol–water partition coefficient (Wildman–Crippen LogP) is 3.05. The van der Waals surface area contributed by atoms with Crippen LogP contribution in [0.5, 0.6) is 5.75 Å². The second-order valence-electron chi connectivity index (χ2n) is 5.27. The molecular weight excluding hydrogens is 317 g/mol.